The highest BCUT2D eigenvalue weighted by Crippen LogP contribution is 2.12. The van der Waals surface area contributed by atoms with Crippen LogP contribution in [0.2, 0.25) is 0 Å². The fourth-order valence-corrected chi connectivity index (χ4v) is 2.57. The van der Waals surface area contributed by atoms with E-state index in [1.165, 1.54) is 0 Å². The molecule has 158 valence electrons. The van der Waals surface area contributed by atoms with E-state index in [-0.39, 0.29) is 18.0 Å². The van der Waals surface area contributed by atoms with Crippen molar-refractivity contribution in [3.63, 3.8) is 0 Å². The lowest BCUT2D eigenvalue weighted by molar-refractivity contribution is -0.121. The SMILES string of the molecule is CCN(CC)CCOc1ccc(CNC(=NC)NCC(=O)NC(C)(C)C)cc1. The second kappa shape index (κ2) is 12.2. The Morgan fingerprint density at radius 1 is 1.11 bits per heavy atom. The van der Waals surface area contributed by atoms with E-state index in [1.807, 2.05) is 45.0 Å². The number of nitrogens with zero attached hydrogens (tertiary/aromatic N) is 2. The van der Waals surface area contributed by atoms with Crippen LogP contribution in [0.1, 0.15) is 40.2 Å². The van der Waals surface area contributed by atoms with Crippen molar-refractivity contribution >= 4 is 11.9 Å². The largest absolute Gasteiger partial charge is 0.492 e. The van der Waals surface area contributed by atoms with Crippen LogP contribution in [0.15, 0.2) is 29.3 Å². The minimum atomic E-state index is -0.245. The Balaban J connectivity index is 2.37. The Hall–Kier alpha value is -2.28. The minimum absolute atomic E-state index is 0.0679. The molecule has 28 heavy (non-hydrogen) atoms. The first-order valence-electron chi connectivity index (χ1n) is 9.97. The lowest BCUT2D eigenvalue weighted by atomic mass is 10.1. The van der Waals surface area contributed by atoms with E-state index in [4.69, 9.17) is 4.74 Å². The summed E-state index contributed by atoms with van der Waals surface area (Å²) >= 11 is 0. The van der Waals surface area contributed by atoms with Gasteiger partial charge in [-0.2, -0.15) is 0 Å². The zero-order chi connectivity index (χ0) is 21.0. The monoisotopic (exact) mass is 391 g/mol. The lowest BCUT2D eigenvalue weighted by Gasteiger charge is -2.21. The molecule has 0 heterocycles. The van der Waals surface area contributed by atoms with Crippen molar-refractivity contribution in [2.75, 3.05) is 39.8 Å². The average Bonchev–Trinajstić information content (AvgIpc) is 2.65. The molecule has 7 heteroatoms. The maximum atomic E-state index is 11.9. The van der Waals surface area contributed by atoms with E-state index in [1.54, 1.807) is 7.05 Å². The van der Waals surface area contributed by atoms with Crippen molar-refractivity contribution < 1.29 is 9.53 Å². The van der Waals surface area contributed by atoms with Gasteiger partial charge in [-0.15, -0.1) is 0 Å². The fourth-order valence-electron chi connectivity index (χ4n) is 2.57. The van der Waals surface area contributed by atoms with Crippen molar-refractivity contribution in [1.82, 2.24) is 20.9 Å². The number of amides is 1. The van der Waals surface area contributed by atoms with Crippen LogP contribution in [0.5, 0.6) is 5.75 Å². The molecule has 1 aromatic rings. The summed E-state index contributed by atoms with van der Waals surface area (Å²) in [6, 6.07) is 8.01. The Labute approximate surface area is 169 Å². The Bertz CT molecular complexity index is 604. The molecule has 0 aliphatic heterocycles. The molecular formula is C21H37N5O2. The number of benzene rings is 1. The first-order valence-corrected chi connectivity index (χ1v) is 9.97. The van der Waals surface area contributed by atoms with Crippen molar-refractivity contribution in [1.29, 1.82) is 0 Å². The summed E-state index contributed by atoms with van der Waals surface area (Å²) in [6.45, 7) is 14.7. The molecule has 3 N–H and O–H groups in total. The number of carbonyl (C=O) groups is 1. The third-order valence-electron chi connectivity index (χ3n) is 4.11. The fraction of sp³-hybridized carbons (Fsp3) is 0.619. The average molecular weight is 392 g/mol. The predicted molar refractivity (Wildman–Crippen MR) is 116 cm³/mol. The summed E-state index contributed by atoms with van der Waals surface area (Å²) in [5.74, 6) is 1.39. The summed E-state index contributed by atoms with van der Waals surface area (Å²) in [4.78, 5) is 18.4. The van der Waals surface area contributed by atoms with E-state index in [0.29, 0.717) is 19.1 Å². The molecule has 1 amide bonds. The van der Waals surface area contributed by atoms with Gasteiger partial charge < -0.3 is 25.6 Å². The Morgan fingerprint density at radius 3 is 2.29 bits per heavy atom. The minimum Gasteiger partial charge on any atom is -0.492 e. The third-order valence-corrected chi connectivity index (χ3v) is 4.11. The molecule has 0 aromatic heterocycles. The van der Waals surface area contributed by atoms with E-state index < -0.39 is 0 Å². The van der Waals surface area contributed by atoms with Gasteiger partial charge >= 0.3 is 0 Å². The number of aliphatic imine (C=N–C) groups is 1. The van der Waals surface area contributed by atoms with Crippen molar-refractivity contribution in [3.05, 3.63) is 29.8 Å². The zero-order valence-corrected chi connectivity index (χ0v) is 18.3. The molecule has 7 nitrogen and oxygen atoms in total. The molecule has 0 saturated carbocycles. The van der Waals surface area contributed by atoms with Gasteiger partial charge in [-0.3, -0.25) is 9.79 Å². The highest BCUT2D eigenvalue weighted by atomic mass is 16.5. The van der Waals surface area contributed by atoms with Crippen LogP contribution in [0.3, 0.4) is 0 Å². The first kappa shape index (κ1) is 23.8. The van der Waals surface area contributed by atoms with Gasteiger partial charge in [0.25, 0.3) is 0 Å². The summed E-state index contributed by atoms with van der Waals surface area (Å²) in [5, 5.41) is 9.14. The number of nitrogens with one attached hydrogen (secondary N) is 3. The quantitative estimate of drug-likeness (QED) is 0.420. The molecule has 1 aromatic carbocycles. The van der Waals surface area contributed by atoms with E-state index in [2.05, 4.69) is 39.7 Å². The summed E-state index contributed by atoms with van der Waals surface area (Å²) in [7, 11) is 1.68. The van der Waals surface area contributed by atoms with Gasteiger partial charge in [0.05, 0.1) is 6.54 Å². The molecule has 1 rings (SSSR count). The molecular weight excluding hydrogens is 354 g/mol. The second-order valence-corrected chi connectivity index (χ2v) is 7.60. The van der Waals surface area contributed by atoms with Gasteiger partial charge in [0.15, 0.2) is 5.96 Å². The topological polar surface area (TPSA) is 78.0 Å². The van der Waals surface area contributed by atoms with Crippen molar-refractivity contribution in [2.45, 2.75) is 46.7 Å². The Morgan fingerprint density at radius 2 is 1.75 bits per heavy atom. The second-order valence-electron chi connectivity index (χ2n) is 7.60. The number of hydrogen-bond donors (Lipinski definition) is 3. The Kier molecular flexibility index (Phi) is 10.4. The number of ether oxygens (including phenoxy) is 1. The van der Waals surface area contributed by atoms with Gasteiger partial charge in [-0.1, -0.05) is 26.0 Å². The van der Waals surface area contributed by atoms with Crippen LogP contribution in [0.4, 0.5) is 0 Å². The van der Waals surface area contributed by atoms with Crippen LogP contribution in [-0.2, 0) is 11.3 Å². The van der Waals surface area contributed by atoms with Gasteiger partial charge in [0.1, 0.15) is 12.4 Å². The third kappa shape index (κ3) is 10.2. The summed E-state index contributed by atoms with van der Waals surface area (Å²) in [6.07, 6.45) is 0. The smallest absolute Gasteiger partial charge is 0.239 e. The van der Waals surface area contributed by atoms with Crippen LogP contribution in [-0.4, -0.2) is 62.1 Å². The van der Waals surface area contributed by atoms with Gasteiger partial charge in [0.2, 0.25) is 5.91 Å². The first-order chi connectivity index (χ1) is 13.3. The van der Waals surface area contributed by atoms with Crippen molar-refractivity contribution in [3.8, 4) is 5.75 Å². The van der Waals surface area contributed by atoms with Gasteiger partial charge in [-0.25, -0.2) is 0 Å². The summed E-state index contributed by atoms with van der Waals surface area (Å²) in [5.41, 5.74) is 0.864. The molecule has 0 radical (unpaired) electrons. The van der Waals surface area contributed by atoms with E-state index in [0.717, 1.165) is 30.9 Å². The highest BCUT2D eigenvalue weighted by Gasteiger charge is 2.13. The van der Waals surface area contributed by atoms with Crippen LogP contribution < -0.4 is 20.7 Å². The molecule has 0 fully saturated rings. The molecule has 0 unspecified atom stereocenters. The lowest BCUT2D eigenvalue weighted by Crippen LogP contribution is -2.48. The molecule has 0 saturated heterocycles. The molecule has 0 aliphatic rings. The number of carbonyl (C=O) groups excluding carboxylic acids is 1. The molecule has 0 atom stereocenters. The number of guanidine groups is 1. The molecule has 0 spiro atoms. The van der Waals surface area contributed by atoms with Crippen LogP contribution >= 0.6 is 0 Å². The molecule has 0 bridgehead atoms. The highest BCUT2D eigenvalue weighted by molar-refractivity contribution is 5.86. The normalized spacial score (nSPS) is 12.0. The predicted octanol–water partition coefficient (Wildman–Crippen LogP) is 1.99. The summed E-state index contributed by atoms with van der Waals surface area (Å²) < 4.78 is 5.80. The van der Waals surface area contributed by atoms with E-state index in [9.17, 15) is 4.79 Å². The zero-order valence-electron chi connectivity index (χ0n) is 18.3. The van der Waals surface area contributed by atoms with E-state index >= 15 is 0 Å². The number of hydrogen-bond acceptors (Lipinski definition) is 4. The number of likely N-dealkylation sites (N-methyl/N-ethyl adjacent to an activating group) is 1. The maximum Gasteiger partial charge on any atom is 0.239 e. The number of rotatable bonds is 10. The van der Waals surface area contributed by atoms with Crippen molar-refractivity contribution in [2.24, 2.45) is 4.99 Å². The van der Waals surface area contributed by atoms with Gasteiger partial charge in [-0.05, 0) is 51.6 Å². The van der Waals surface area contributed by atoms with Gasteiger partial charge in [0, 0.05) is 25.7 Å². The van der Waals surface area contributed by atoms with Crippen LogP contribution in [0.25, 0.3) is 0 Å². The van der Waals surface area contributed by atoms with Crippen LogP contribution in [0, 0.1) is 0 Å². The maximum absolute atomic E-state index is 11.9. The molecule has 0 aliphatic carbocycles. The standard InChI is InChI=1S/C21H37N5O2/c1-7-26(8-2)13-14-28-18-11-9-17(10-12-18)15-23-20(22-6)24-16-19(27)25-21(3,4)5/h9-12H,7-8,13-16H2,1-6H3,(H,25,27)(H2,22,23,24).